The molecule has 4 nitrogen and oxygen atoms in total. The van der Waals surface area contributed by atoms with Gasteiger partial charge in [-0.05, 0) is 33.1 Å². The second kappa shape index (κ2) is 5.50. The van der Waals surface area contributed by atoms with Crippen molar-refractivity contribution in [3.05, 3.63) is 0 Å². The molecule has 1 fully saturated rings. The van der Waals surface area contributed by atoms with Crippen LogP contribution in [0.4, 0.5) is 0 Å². The molecule has 96 valence electrons. The fraction of sp³-hybridized carbons (Fsp3) is 0.846. The molecule has 1 rings (SSSR count). The quantitative estimate of drug-likeness (QED) is 0.774. The molecule has 1 saturated heterocycles. The van der Waals surface area contributed by atoms with Crippen LogP contribution in [0.15, 0.2) is 0 Å². The van der Waals surface area contributed by atoms with Crippen molar-refractivity contribution in [2.45, 2.75) is 40.2 Å². The molecule has 0 radical (unpaired) electrons. The van der Waals surface area contributed by atoms with Crippen LogP contribution in [0.3, 0.4) is 0 Å². The molecule has 1 amide bonds. The predicted molar refractivity (Wildman–Crippen MR) is 67.1 cm³/mol. The molecule has 2 N–H and O–H groups in total. The molecule has 0 aromatic carbocycles. The Bertz CT molecular complexity index is 319. The SMILES string of the molecule is CC1CCNC(=O)C1CNC(C)C(C)(C)C#N. The van der Waals surface area contributed by atoms with E-state index in [1.54, 1.807) is 0 Å². The summed E-state index contributed by atoms with van der Waals surface area (Å²) >= 11 is 0. The van der Waals surface area contributed by atoms with Crippen LogP contribution in [0.2, 0.25) is 0 Å². The van der Waals surface area contributed by atoms with E-state index in [0.29, 0.717) is 12.5 Å². The van der Waals surface area contributed by atoms with Crippen LogP contribution in [-0.2, 0) is 4.79 Å². The molecule has 3 atom stereocenters. The molecular formula is C13H23N3O. The highest BCUT2D eigenvalue weighted by molar-refractivity contribution is 5.79. The van der Waals surface area contributed by atoms with Gasteiger partial charge in [0, 0.05) is 19.1 Å². The van der Waals surface area contributed by atoms with E-state index >= 15 is 0 Å². The number of carbonyl (C=O) groups excluding carboxylic acids is 1. The third-order valence-electron chi connectivity index (χ3n) is 3.94. The summed E-state index contributed by atoms with van der Waals surface area (Å²) in [7, 11) is 0. The Hall–Kier alpha value is -1.08. The van der Waals surface area contributed by atoms with Gasteiger partial charge in [0.1, 0.15) is 0 Å². The topological polar surface area (TPSA) is 64.9 Å². The van der Waals surface area contributed by atoms with Gasteiger partial charge in [-0.3, -0.25) is 4.79 Å². The Kier molecular flexibility index (Phi) is 4.53. The smallest absolute Gasteiger partial charge is 0.224 e. The van der Waals surface area contributed by atoms with E-state index in [1.807, 2.05) is 20.8 Å². The van der Waals surface area contributed by atoms with E-state index in [1.165, 1.54) is 0 Å². The van der Waals surface area contributed by atoms with E-state index in [-0.39, 0.29) is 17.9 Å². The van der Waals surface area contributed by atoms with Gasteiger partial charge in [-0.15, -0.1) is 0 Å². The standard InChI is InChI=1S/C13H23N3O/c1-9-5-6-15-12(17)11(9)7-16-10(2)13(3,4)8-14/h9-11,16H,5-7H2,1-4H3,(H,15,17). The molecule has 0 aromatic heterocycles. The summed E-state index contributed by atoms with van der Waals surface area (Å²) in [4.78, 5) is 11.7. The summed E-state index contributed by atoms with van der Waals surface area (Å²) in [6, 6.07) is 2.37. The average Bonchev–Trinajstić information content (AvgIpc) is 2.28. The van der Waals surface area contributed by atoms with Crippen LogP contribution < -0.4 is 10.6 Å². The number of amides is 1. The van der Waals surface area contributed by atoms with Gasteiger partial charge in [0.15, 0.2) is 0 Å². The zero-order chi connectivity index (χ0) is 13.1. The molecule has 0 aromatic rings. The number of piperidine rings is 1. The first kappa shape index (κ1) is 14.0. The van der Waals surface area contributed by atoms with Gasteiger partial charge < -0.3 is 10.6 Å². The van der Waals surface area contributed by atoms with E-state index in [4.69, 9.17) is 5.26 Å². The fourth-order valence-corrected chi connectivity index (χ4v) is 1.96. The minimum absolute atomic E-state index is 0.0284. The van der Waals surface area contributed by atoms with Crippen LogP contribution in [-0.4, -0.2) is 25.0 Å². The Morgan fingerprint density at radius 2 is 2.29 bits per heavy atom. The number of rotatable bonds is 4. The number of carbonyl (C=O) groups is 1. The lowest BCUT2D eigenvalue weighted by atomic mass is 9.84. The zero-order valence-electron chi connectivity index (χ0n) is 11.2. The Morgan fingerprint density at radius 1 is 1.65 bits per heavy atom. The number of nitriles is 1. The average molecular weight is 237 g/mol. The maximum Gasteiger partial charge on any atom is 0.224 e. The van der Waals surface area contributed by atoms with Crippen LogP contribution in [0, 0.1) is 28.6 Å². The van der Waals surface area contributed by atoms with Crippen molar-refractivity contribution < 1.29 is 4.79 Å². The van der Waals surface area contributed by atoms with Gasteiger partial charge in [-0.2, -0.15) is 5.26 Å². The number of hydrogen-bond donors (Lipinski definition) is 2. The lowest BCUT2D eigenvalue weighted by molar-refractivity contribution is -0.128. The summed E-state index contributed by atoms with van der Waals surface area (Å²) in [5.41, 5.74) is -0.408. The maximum absolute atomic E-state index is 11.7. The van der Waals surface area contributed by atoms with Gasteiger partial charge in [0.2, 0.25) is 5.91 Å². The van der Waals surface area contributed by atoms with Crippen LogP contribution in [0.5, 0.6) is 0 Å². The van der Waals surface area contributed by atoms with Crippen molar-refractivity contribution in [3.63, 3.8) is 0 Å². The van der Waals surface area contributed by atoms with Gasteiger partial charge in [-0.25, -0.2) is 0 Å². The molecule has 1 heterocycles. The number of nitrogens with one attached hydrogen (secondary N) is 2. The molecular weight excluding hydrogens is 214 g/mol. The number of hydrogen-bond acceptors (Lipinski definition) is 3. The molecule has 0 bridgehead atoms. The van der Waals surface area contributed by atoms with Gasteiger partial charge in [0.25, 0.3) is 0 Å². The van der Waals surface area contributed by atoms with E-state index < -0.39 is 5.41 Å². The van der Waals surface area contributed by atoms with Gasteiger partial charge in [0.05, 0.1) is 17.4 Å². The summed E-state index contributed by atoms with van der Waals surface area (Å²) in [5.74, 6) is 0.576. The first-order valence-corrected chi connectivity index (χ1v) is 6.31. The second-order valence-electron chi connectivity index (χ2n) is 5.63. The Morgan fingerprint density at radius 3 is 2.82 bits per heavy atom. The van der Waals surface area contributed by atoms with Gasteiger partial charge in [-0.1, -0.05) is 6.92 Å². The van der Waals surface area contributed by atoms with Crippen molar-refractivity contribution in [1.82, 2.24) is 10.6 Å². The zero-order valence-corrected chi connectivity index (χ0v) is 11.2. The Labute approximate surface area is 104 Å². The van der Waals surface area contributed by atoms with Crippen molar-refractivity contribution >= 4 is 5.91 Å². The molecule has 4 heteroatoms. The summed E-state index contributed by atoms with van der Waals surface area (Å²) in [6.07, 6.45) is 1.04. The summed E-state index contributed by atoms with van der Waals surface area (Å²) in [6.45, 7) is 9.37. The van der Waals surface area contributed by atoms with Crippen LogP contribution in [0.25, 0.3) is 0 Å². The first-order valence-electron chi connectivity index (χ1n) is 6.31. The maximum atomic E-state index is 11.7. The molecule has 1 aliphatic rings. The molecule has 1 aliphatic heterocycles. The molecule has 0 aliphatic carbocycles. The highest BCUT2D eigenvalue weighted by Crippen LogP contribution is 2.22. The minimum atomic E-state index is -0.408. The first-order chi connectivity index (χ1) is 7.88. The minimum Gasteiger partial charge on any atom is -0.356 e. The number of nitrogens with zero attached hydrogens (tertiary/aromatic N) is 1. The highest BCUT2D eigenvalue weighted by Gasteiger charge is 2.31. The Balaban J connectivity index is 2.50. The highest BCUT2D eigenvalue weighted by atomic mass is 16.2. The summed E-state index contributed by atoms with van der Waals surface area (Å²) in [5, 5.41) is 15.3. The second-order valence-corrected chi connectivity index (χ2v) is 5.63. The summed E-state index contributed by atoms with van der Waals surface area (Å²) < 4.78 is 0. The third-order valence-corrected chi connectivity index (χ3v) is 3.94. The normalized spacial score (nSPS) is 27.1. The lowest BCUT2D eigenvalue weighted by Gasteiger charge is -2.32. The molecule has 3 unspecified atom stereocenters. The fourth-order valence-electron chi connectivity index (χ4n) is 1.96. The van der Waals surface area contributed by atoms with Crippen LogP contribution in [0.1, 0.15) is 34.1 Å². The van der Waals surface area contributed by atoms with E-state index in [9.17, 15) is 4.79 Å². The largest absolute Gasteiger partial charge is 0.356 e. The van der Waals surface area contributed by atoms with Crippen molar-refractivity contribution in [3.8, 4) is 6.07 Å². The van der Waals surface area contributed by atoms with E-state index in [2.05, 4.69) is 23.6 Å². The molecule has 17 heavy (non-hydrogen) atoms. The predicted octanol–water partition coefficient (Wildman–Crippen LogP) is 1.29. The van der Waals surface area contributed by atoms with Crippen molar-refractivity contribution in [2.75, 3.05) is 13.1 Å². The van der Waals surface area contributed by atoms with Crippen LogP contribution >= 0.6 is 0 Å². The molecule has 0 saturated carbocycles. The molecule has 0 spiro atoms. The monoisotopic (exact) mass is 237 g/mol. The van der Waals surface area contributed by atoms with Crippen molar-refractivity contribution in [1.29, 1.82) is 5.26 Å². The van der Waals surface area contributed by atoms with E-state index in [0.717, 1.165) is 13.0 Å². The lowest BCUT2D eigenvalue weighted by Crippen LogP contribution is -2.49. The van der Waals surface area contributed by atoms with Crippen molar-refractivity contribution in [2.24, 2.45) is 17.3 Å². The van der Waals surface area contributed by atoms with Gasteiger partial charge >= 0.3 is 0 Å². The third kappa shape index (κ3) is 3.44.